The van der Waals surface area contributed by atoms with E-state index in [0.29, 0.717) is 22.8 Å². The van der Waals surface area contributed by atoms with Crippen molar-refractivity contribution in [1.29, 1.82) is 0 Å². The summed E-state index contributed by atoms with van der Waals surface area (Å²) >= 11 is 0. The molecule has 0 bridgehead atoms. The van der Waals surface area contributed by atoms with Crippen LogP contribution in [0.5, 0.6) is 11.5 Å². The molecule has 0 saturated heterocycles. The summed E-state index contributed by atoms with van der Waals surface area (Å²) in [5.41, 5.74) is 2.06. The van der Waals surface area contributed by atoms with Crippen molar-refractivity contribution in [2.45, 2.75) is 19.4 Å². The Bertz CT molecular complexity index is 1150. The SMILES string of the molecule is CC(CC(=O)O)Nc1nc(-c2ccc(Oc3ccccc3)cc2)c(-c2cncnc2)o1. The molecule has 2 aromatic heterocycles. The summed E-state index contributed by atoms with van der Waals surface area (Å²) < 4.78 is 11.8. The molecule has 0 aliphatic heterocycles. The van der Waals surface area contributed by atoms with Gasteiger partial charge in [-0.1, -0.05) is 18.2 Å². The second-order valence-electron chi connectivity index (χ2n) is 6.91. The maximum Gasteiger partial charge on any atom is 0.305 e. The minimum Gasteiger partial charge on any atom is -0.481 e. The Morgan fingerprint density at radius 3 is 2.39 bits per heavy atom. The summed E-state index contributed by atoms with van der Waals surface area (Å²) in [6, 6.07) is 16.9. The van der Waals surface area contributed by atoms with Crippen LogP contribution >= 0.6 is 0 Å². The van der Waals surface area contributed by atoms with E-state index in [2.05, 4.69) is 20.3 Å². The maximum atomic E-state index is 11.0. The van der Waals surface area contributed by atoms with E-state index in [9.17, 15) is 4.79 Å². The summed E-state index contributed by atoms with van der Waals surface area (Å²) in [5.74, 6) is 1.02. The average molecular weight is 416 g/mol. The fourth-order valence-electron chi connectivity index (χ4n) is 3.02. The highest BCUT2D eigenvalue weighted by Crippen LogP contribution is 2.35. The lowest BCUT2D eigenvalue weighted by Crippen LogP contribution is -2.19. The lowest BCUT2D eigenvalue weighted by molar-refractivity contribution is -0.137. The van der Waals surface area contributed by atoms with Crippen molar-refractivity contribution in [3.05, 3.63) is 73.3 Å². The fourth-order valence-corrected chi connectivity index (χ4v) is 3.02. The van der Waals surface area contributed by atoms with Gasteiger partial charge in [0.1, 0.15) is 23.5 Å². The molecule has 0 spiro atoms. The van der Waals surface area contributed by atoms with Crippen molar-refractivity contribution in [2.75, 3.05) is 5.32 Å². The molecule has 2 aromatic carbocycles. The summed E-state index contributed by atoms with van der Waals surface area (Å²) in [5, 5.41) is 12.0. The maximum absolute atomic E-state index is 11.0. The zero-order valence-corrected chi connectivity index (χ0v) is 16.7. The molecule has 0 aliphatic rings. The van der Waals surface area contributed by atoms with E-state index in [1.54, 1.807) is 19.3 Å². The molecule has 0 aliphatic carbocycles. The van der Waals surface area contributed by atoms with Gasteiger partial charge in [0.05, 0.1) is 12.0 Å². The van der Waals surface area contributed by atoms with E-state index < -0.39 is 5.97 Å². The number of carboxylic acid groups (broad SMARTS) is 1. The lowest BCUT2D eigenvalue weighted by atomic mass is 10.1. The van der Waals surface area contributed by atoms with Crippen molar-refractivity contribution < 1.29 is 19.1 Å². The number of anilines is 1. The summed E-state index contributed by atoms with van der Waals surface area (Å²) in [4.78, 5) is 23.6. The van der Waals surface area contributed by atoms with Crippen molar-refractivity contribution in [3.63, 3.8) is 0 Å². The smallest absolute Gasteiger partial charge is 0.305 e. The zero-order chi connectivity index (χ0) is 21.6. The van der Waals surface area contributed by atoms with Crippen molar-refractivity contribution >= 4 is 12.0 Å². The van der Waals surface area contributed by atoms with Gasteiger partial charge in [0.25, 0.3) is 6.01 Å². The third-order valence-electron chi connectivity index (χ3n) is 4.41. The molecule has 2 heterocycles. The number of nitrogens with zero attached hydrogens (tertiary/aromatic N) is 3. The third kappa shape index (κ3) is 5.05. The van der Waals surface area contributed by atoms with Crippen molar-refractivity contribution in [2.24, 2.45) is 0 Å². The Morgan fingerprint density at radius 1 is 1.03 bits per heavy atom. The number of ether oxygens (including phenoxy) is 1. The van der Waals surface area contributed by atoms with E-state index in [1.165, 1.54) is 6.33 Å². The van der Waals surface area contributed by atoms with Crippen molar-refractivity contribution in [1.82, 2.24) is 15.0 Å². The molecule has 2 N–H and O–H groups in total. The van der Waals surface area contributed by atoms with Crippen LogP contribution < -0.4 is 10.1 Å². The largest absolute Gasteiger partial charge is 0.481 e. The van der Waals surface area contributed by atoms with Crippen LogP contribution in [-0.2, 0) is 4.79 Å². The molecule has 0 amide bonds. The van der Waals surface area contributed by atoms with Crippen LogP contribution in [0.2, 0.25) is 0 Å². The first kappa shape index (κ1) is 20.1. The number of hydrogen-bond donors (Lipinski definition) is 2. The number of hydrogen-bond acceptors (Lipinski definition) is 7. The fraction of sp³-hybridized carbons (Fsp3) is 0.130. The van der Waals surface area contributed by atoms with Gasteiger partial charge in [-0.05, 0) is 43.3 Å². The molecule has 31 heavy (non-hydrogen) atoms. The highest BCUT2D eigenvalue weighted by molar-refractivity contribution is 5.77. The summed E-state index contributed by atoms with van der Waals surface area (Å²) in [6.07, 6.45) is 4.64. The standard InChI is InChI=1S/C23H20N4O4/c1-15(11-20(28)29)26-23-27-21(22(31-23)17-12-24-14-25-13-17)16-7-9-19(10-8-16)30-18-5-3-2-4-6-18/h2-10,12-15H,11H2,1H3,(H,26,27)(H,28,29). The van der Waals surface area contributed by atoms with E-state index in [-0.39, 0.29) is 18.5 Å². The number of aromatic nitrogens is 3. The van der Waals surface area contributed by atoms with Gasteiger partial charge in [0.2, 0.25) is 0 Å². The Morgan fingerprint density at radius 2 is 1.71 bits per heavy atom. The monoisotopic (exact) mass is 416 g/mol. The molecule has 0 saturated carbocycles. The van der Waals surface area contributed by atoms with Gasteiger partial charge in [-0.3, -0.25) is 4.79 Å². The van der Waals surface area contributed by atoms with Gasteiger partial charge < -0.3 is 19.6 Å². The van der Waals surface area contributed by atoms with Crippen LogP contribution in [0.4, 0.5) is 6.01 Å². The van der Waals surface area contributed by atoms with Gasteiger partial charge in [-0.25, -0.2) is 9.97 Å². The Kier molecular flexibility index (Phi) is 5.89. The minimum atomic E-state index is -0.905. The number of carbonyl (C=O) groups is 1. The topological polar surface area (TPSA) is 110 Å². The van der Waals surface area contributed by atoms with Crippen LogP contribution in [0.15, 0.2) is 77.7 Å². The number of oxazole rings is 1. The highest BCUT2D eigenvalue weighted by atomic mass is 16.5. The molecule has 4 aromatic rings. The molecule has 8 heteroatoms. The minimum absolute atomic E-state index is 0.0625. The molecule has 0 radical (unpaired) electrons. The molecule has 8 nitrogen and oxygen atoms in total. The number of nitrogens with one attached hydrogen (secondary N) is 1. The normalized spacial score (nSPS) is 11.6. The first-order valence-corrected chi connectivity index (χ1v) is 9.66. The number of para-hydroxylation sites is 1. The highest BCUT2D eigenvalue weighted by Gasteiger charge is 2.19. The number of rotatable bonds is 8. The first-order valence-electron chi connectivity index (χ1n) is 9.66. The predicted octanol–water partition coefficient (Wildman–Crippen LogP) is 4.87. The second kappa shape index (κ2) is 9.08. The van der Waals surface area contributed by atoms with Gasteiger partial charge in [-0.2, -0.15) is 4.98 Å². The predicted molar refractivity (Wildman–Crippen MR) is 115 cm³/mol. The summed E-state index contributed by atoms with van der Waals surface area (Å²) in [6.45, 7) is 1.75. The molecule has 1 unspecified atom stereocenters. The molecule has 1 atom stereocenters. The van der Waals surface area contributed by atoms with Gasteiger partial charge in [-0.15, -0.1) is 0 Å². The van der Waals surface area contributed by atoms with E-state index in [0.717, 1.165) is 11.3 Å². The van der Waals surface area contributed by atoms with Crippen LogP contribution in [-0.4, -0.2) is 32.1 Å². The number of aliphatic carboxylic acids is 1. The Hall–Kier alpha value is -4.20. The molecule has 4 rings (SSSR count). The number of benzene rings is 2. The van der Waals surface area contributed by atoms with Crippen LogP contribution in [0.25, 0.3) is 22.6 Å². The van der Waals surface area contributed by atoms with Gasteiger partial charge in [0, 0.05) is 24.0 Å². The quantitative estimate of drug-likeness (QED) is 0.419. The Balaban J connectivity index is 1.63. The summed E-state index contributed by atoms with van der Waals surface area (Å²) in [7, 11) is 0. The molecular formula is C23H20N4O4. The van der Waals surface area contributed by atoms with E-state index in [1.807, 2.05) is 54.6 Å². The van der Waals surface area contributed by atoms with Crippen molar-refractivity contribution in [3.8, 4) is 34.1 Å². The number of carboxylic acids is 1. The average Bonchev–Trinajstić information content (AvgIpc) is 3.18. The zero-order valence-electron chi connectivity index (χ0n) is 16.7. The lowest BCUT2D eigenvalue weighted by Gasteiger charge is -2.08. The van der Waals surface area contributed by atoms with Gasteiger partial charge in [0.15, 0.2) is 5.76 Å². The second-order valence-corrected chi connectivity index (χ2v) is 6.91. The van der Waals surface area contributed by atoms with Gasteiger partial charge >= 0.3 is 5.97 Å². The molecular weight excluding hydrogens is 396 g/mol. The van der Waals surface area contributed by atoms with E-state index in [4.69, 9.17) is 14.3 Å². The van der Waals surface area contributed by atoms with Crippen LogP contribution in [0, 0.1) is 0 Å². The first-order chi connectivity index (χ1) is 15.1. The third-order valence-corrected chi connectivity index (χ3v) is 4.41. The molecule has 0 fully saturated rings. The molecule has 156 valence electrons. The van der Waals surface area contributed by atoms with E-state index >= 15 is 0 Å². The van der Waals surface area contributed by atoms with Crippen LogP contribution in [0.1, 0.15) is 13.3 Å². The van der Waals surface area contributed by atoms with Crippen LogP contribution in [0.3, 0.4) is 0 Å². The Labute approximate surface area is 178 Å².